The Bertz CT molecular complexity index is 157. The summed E-state index contributed by atoms with van der Waals surface area (Å²) in [6.07, 6.45) is 5.67. The van der Waals surface area contributed by atoms with Gasteiger partial charge in [0, 0.05) is 12.1 Å². The van der Waals surface area contributed by atoms with Crippen molar-refractivity contribution in [3.63, 3.8) is 0 Å². The molecule has 2 fully saturated rings. The molecule has 13 heavy (non-hydrogen) atoms. The molecule has 1 saturated carbocycles. The van der Waals surface area contributed by atoms with Crippen molar-refractivity contribution >= 4 is 0 Å². The molecule has 0 aromatic heterocycles. The summed E-state index contributed by atoms with van der Waals surface area (Å²) in [5.41, 5.74) is 0. The molecule has 0 aromatic rings. The minimum absolute atomic E-state index is 0.0881. The summed E-state index contributed by atoms with van der Waals surface area (Å²) in [4.78, 5) is 0. The van der Waals surface area contributed by atoms with Crippen LogP contribution in [-0.2, 0) is 0 Å². The molecular weight excluding hydrogens is 164 g/mol. The zero-order chi connectivity index (χ0) is 9.10. The first-order chi connectivity index (χ1) is 6.36. The molecule has 1 aliphatic heterocycles. The van der Waals surface area contributed by atoms with Gasteiger partial charge in [0.25, 0.3) is 0 Å². The molecule has 1 heterocycles. The van der Waals surface area contributed by atoms with E-state index in [4.69, 9.17) is 0 Å². The number of nitrogens with one attached hydrogen (secondary N) is 2. The highest BCUT2D eigenvalue weighted by molar-refractivity contribution is 4.86. The number of hydrogen-bond donors (Lipinski definition) is 3. The third-order valence-electron chi connectivity index (χ3n) is 3.27. The average molecular weight is 184 g/mol. The van der Waals surface area contributed by atoms with E-state index < -0.39 is 0 Å². The molecule has 1 saturated heterocycles. The quantitative estimate of drug-likeness (QED) is 0.576. The van der Waals surface area contributed by atoms with Crippen LogP contribution >= 0.6 is 0 Å². The third kappa shape index (κ3) is 2.42. The maximum Gasteiger partial charge on any atom is 0.0693 e. The van der Waals surface area contributed by atoms with E-state index in [-0.39, 0.29) is 6.10 Å². The van der Waals surface area contributed by atoms with Crippen LogP contribution in [0, 0.1) is 0 Å². The van der Waals surface area contributed by atoms with Gasteiger partial charge in [0.15, 0.2) is 0 Å². The van der Waals surface area contributed by atoms with Crippen molar-refractivity contribution in [3.05, 3.63) is 0 Å². The zero-order valence-electron chi connectivity index (χ0n) is 8.13. The van der Waals surface area contributed by atoms with Gasteiger partial charge in [0.05, 0.1) is 6.10 Å². The Morgan fingerprint density at radius 2 is 1.85 bits per heavy atom. The van der Waals surface area contributed by atoms with Crippen molar-refractivity contribution in [1.29, 1.82) is 0 Å². The molecule has 3 nitrogen and oxygen atoms in total. The summed E-state index contributed by atoms with van der Waals surface area (Å²) in [7, 11) is 0. The SMILES string of the molecule is OC1CCCC1NC1CCNCC1. The molecule has 0 bridgehead atoms. The van der Waals surface area contributed by atoms with Crippen LogP contribution in [0.25, 0.3) is 0 Å². The monoisotopic (exact) mass is 184 g/mol. The van der Waals surface area contributed by atoms with Gasteiger partial charge in [-0.15, -0.1) is 0 Å². The van der Waals surface area contributed by atoms with Gasteiger partial charge in [0.2, 0.25) is 0 Å². The Kier molecular flexibility index (Phi) is 3.19. The highest BCUT2D eigenvalue weighted by Gasteiger charge is 2.27. The lowest BCUT2D eigenvalue weighted by molar-refractivity contribution is 0.139. The van der Waals surface area contributed by atoms with Gasteiger partial charge in [-0.1, -0.05) is 0 Å². The van der Waals surface area contributed by atoms with Crippen LogP contribution in [-0.4, -0.2) is 36.4 Å². The van der Waals surface area contributed by atoms with Gasteiger partial charge in [-0.2, -0.15) is 0 Å². The van der Waals surface area contributed by atoms with Gasteiger partial charge in [-0.3, -0.25) is 0 Å². The molecule has 2 atom stereocenters. The molecule has 2 unspecified atom stereocenters. The van der Waals surface area contributed by atoms with Crippen LogP contribution in [0.4, 0.5) is 0 Å². The lowest BCUT2D eigenvalue weighted by atomic mass is 10.0. The molecule has 3 heteroatoms. The highest BCUT2D eigenvalue weighted by atomic mass is 16.3. The summed E-state index contributed by atoms with van der Waals surface area (Å²) in [5, 5.41) is 16.6. The van der Waals surface area contributed by atoms with E-state index in [1.807, 2.05) is 0 Å². The maximum atomic E-state index is 9.64. The van der Waals surface area contributed by atoms with Crippen LogP contribution in [0.2, 0.25) is 0 Å². The Morgan fingerprint density at radius 3 is 2.46 bits per heavy atom. The molecule has 0 aromatic carbocycles. The summed E-state index contributed by atoms with van der Waals surface area (Å²) < 4.78 is 0. The minimum Gasteiger partial charge on any atom is -0.392 e. The van der Waals surface area contributed by atoms with Crippen molar-refractivity contribution in [2.24, 2.45) is 0 Å². The predicted molar refractivity (Wildman–Crippen MR) is 52.7 cm³/mol. The first kappa shape index (κ1) is 9.44. The van der Waals surface area contributed by atoms with Gasteiger partial charge < -0.3 is 15.7 Å². The number of rotatable bonds is 2. The number of piperidine rings is 1. The van der Waals surface area contributed by atoms with E-state index in [1.54, 1.807) is 0 Å². The molecular formula is C10H20N2O. The lowest BCUT2D eigenvalue weighted by Crippen LogP contribution is -2.47. The van der Waals surface area contributed by atoms with Crippen molar-refractivity contribution < 1.29 is 5.11 Å². The third-order valence-corrected chi connectivity index (χ3v) is 3.27. The molecule has 0 amide bonds. The molecule has 0 radical (unpaired) electrons. The average Bonchev–Trinajstić information content (AvgIpc) is 2.54. The van der Waals surface area contributed by atoms with Crippen molar-refractivity contribution in [2.75, 3.05) is 13.1 Å². The summed E-state index contributed by atoms with van der Waals surface area (Å²) in [5.74, 6) is 0. The van der Waals surface area contributed by atoms with Gasteiger partial charge in [0.1, 0.15) is 0 Å². The Morgan fingerprint density at radius 1 is 1.08 bits per heavy atom. The second-order valence-corrected chi connectivity index (χ2v) is 4.30. The Balaban J connectivity index is 1.75. The van der Waals surface area contributed by atoms with Gasteiger partial charge in [-0.05, 0) is 45.2 Å². The molecule has 0 spiro atoms. The van der Waals surface area contributed by atoms with E-state index in [2.05, 4.69) is 10.6 Å². The zero-order valence-corrected chi connectivity index (χ0v) is 8.13. The maximum absolute atomic E-state index is 9.64. The van der Waals surface area contributed by atoms with E-state index in [0.717, 1.165) is 25.9 Å². The lowest BCUT2D eigenvalue weighted by Gasteiger charge is -2.28. The van der Waals surface area contributed by atoms with E-state index in [1.165, 1.54) is 19.3 Å². The van der Waals surface area contributed by atoms with Crippen molar-refractivity contribution in [3.8, 4) is 0 Å². The van der Waals surface area contributed by atoms with Crippen LogP contribution in [0.1, 0.15) is 32.1 Å². The Hall–Kier alpha value is -0.120. The molecule has 3 N–H and O–H groups in total. The fourth-order valence-electron chi connectivity index (χ4n) is 2.43. The standard InChI is InChI=1S/C10H20N2O/c13-10-3-1-2-9(10)12-8-4-6-11-7-5-8/h8-13H,1-7H2. The van der Waals surface area contributed by atoms with Gasteiger partial charge in [-0.25, -0.2) is 0 Å². The van der Waals surface area contributed by atoms with Gasteiger partial charge >= 0.3 is 0 Å². The van der Waals surface area contributed by atoms with Crippen LogP contribution in [0.15, 0.2) is 0 Å². The summed E-state index contributed by atoms with van der Waals surface area (Å²) in [6.45, 7) is 2.25. The summed E-state index contributed by atoms with van der Waals surface area (Å²) in [6, 6.07) is 1.02. The van der Waals surface area contributed by atoms with Crippen LogP contribution in [0.3, 0.4) is 0 Å². The smallest absolute Gasteiger partial charge is 0.0693 e. The minimum atomic E-state index is -0.0881. The molecule has 1 aliphatic carbocycles. The van der Waals surface area contributed by atoms with Crippen molar-refractivity contribution in [2.45, 2.75) is 50.3 Å². The molecule has 2 aliphatic rings. The van der Waals surface area contributed by atoms with E-state index in [9.17, 15) is 5.11 Å². The number of hydrogen-bond acceptors (Lipinski definition) is 3. The van der Waals surface area contributed by atoms with E-state index in [0.29, 0.717) is 12.1 Å². The highest BCUT2D eigenvalue weighted by Crippen LogP contribution is 2.20. The second-order valence-electron chi connectivity index (χ2n) is 4.30. The fourth-order valence-corrected chi connectivity index (χ4v) is 2.43. The normalized spacial score (nSPS) is 36.7. The predicted octanol–water partition coefficient (Wildman–Crippen LogP) is 0.241. The van der Waals surface area contributed by atoms with E-state index >= 15 is 0 Å². The van der Waals surface area contributed by atoms with Crippen LogP contribution < -0.4 is 10.6 Å². The number of aliphatic hydroxyl groups excluding tert-OH is 1. The topological polar surface area (TPSA) is 44.3 Å². The second kappa shape index (κ2) is 4.40. The van der Waals surface area contributed by atoms with Crippen molar-refractivity contribution in [1.82, 2.24) is 10.6 Å². The molecule has 76 valence electrons. The summed E-state index contributed by atoms with van der Waals surface area (Å²) >= 11 is 0. The Labute approximate surface area is 79.9 Å². The number of aliphatic hydroxyl groups is 1. The fraction of sp³-hybridized carbons (Fsp3) is 1.00. The first-order valence-corrected chi connectivity index (χ1v) is 5.51. The largest absolute Gasteiger partial charge is 0.392 e. The molecule has 2 rings (SSSR count). The first-order valence-electron chi connectivity index (χ1n) is 5.51. The van der Waals surface area contributed by atoms with Crippen LogP contribution in [0.5, 0.6) is 0 Å².